The number of carbonyl (C=O) groups is 2. The highest BCUT2D eigenvalue weighted by molar-refractivity contribution is 7.94. The van der Waals surface area contributed by atoms with E-state index in [0.29, 0.717) is 34.5 Å². The van der Waals surface area contributed by atoms with Crippen LogP contribution >= 0.6 is 0 Å². The minimum Gasteiger partial charge on any atom is -0.287 e. The summed E-state index contributed by atoms with van der Waals surface area (Å²) in [6.45, 7) is 4.86. The van der Waals surface area contributed by atoms with Crippen LogP contribution in [0.25, 0.3) is 17.0 Å². The van der Waals surface area contributed by atoms with Crippen LogP contribution in [0.4, 0.5) is 8.78 Å². The van der Waals surface area contributed by atoms with Crippen molar-refractivity contribution < 1.29 is 26.8 Å². The highest BCUT2D eigenvalue weighted by Crippen LogP contribution is 2.42. The molecule has 5 rings (SSSR count). The summed E-state index contributed by atoms with van der Waals surface area (Å²) in [7, 11) is -4.43. The van der Waals surface area contributed by atoms with E-state index in [1.54, 1.807) is 24.4 Å². The number of nitrogens with one attached hydrogen (secondary N) is 1. The van der Waals surface area contributed by atoms with Gasteiger partial charge in [0, 0.05) is 29.3 Å². The molecule has 0 saturated heterocycles. The number of hydrogen-bond donors (Lipinski definition) is 1. The average Bonchev–Trinajstić information content (AvgIpc) is 3.34. The van der Waals surface area contributed by atoms with Gasteiger partial charge in [0.15, 0.2) is 11.8 Å². The zero-order valence-corrected chi connectivity index (χ0v) is 24.8. The number of halogens is 2. The predicted molar refractivity (Wildman–Crippen MR) is 161 cm³/mol. The summed E-state index contributed by atoms with van der Waals surface area (Å²) in [6, 6.07) is 15.0. The van der Waals surface area contributed by atoms with Gasteiger partial charge in [0.05, 0.1) is 22.1 Å². The first kappa shape index (κ1) is 30.1. The molecule has 2 aliphatic rings. The molecular weight excluding hydrogens is 572 g/mol. The normalized spacial score (nSPS) is 23.7. The number of aryl methyl sites for hydroxylation is 1. The van der Waals surface area contributed by atoms with Crippen LogP contribution in [0.5, 0.6) is 0 Å². The van der Waals surface area contributed by atoms with Crippen molar-refractivity contribution >= 4 is 38.8 Å². The Morgan fingerprint density at radius 3 is 2.65 bits per heavy atom. The molecule has 0 aliphatic heterocycles. The van der Waals surface area contributed by atoms with E-state index in [2.05, 4.69) is 25.1 Å². The van der Waals surface area contributed by atoms with Crippen molar-refractivity contribution in [1.82, 2.24) is 9.29 Å². The number of fused-ring (bicyclic) bond motifs is 2. The standard InChI is InChI=1S/C33H31F2N3O4S/c1-21(32(2)16-6-8-23-7-4-5-9-27(23)32)31(40)38-20-24(26-13-10-22(19-36)17-28(26)38)11-15-30(39)37-43(41,42)25-12-14-29(34)33(3,35)18-25/h4-10,12-14,17-18,20-21,29H,11,15-16H2,1-3H3,(H,37,39). The van der Waals surface area contributed by atoms with Gasteiger partial charge in [-0.1, -0.05) is 56.3 Å². The van der Waals surface area contributed by atoms with Gasteiger partial charge in [0.25, 0.3) is 10.0 Å². The molecule has 1 aromatic heterocycles. The maximum absolute atomic E-state index is 14.4. The van der Waals surface area contributed by atoms with Crippen LogP contribution < -0.4 is 4.72 Å². The third-order valence-electron chi connectivity index (χ3n) is 8.57. The Bertz CT molecular complexity index is 1880. The van der Waals surface area contributed by atoms with Gasteiger partial charge < -0.3 is 0 Å². The summed E-state index contributed by atoms with van der Waals surface area (Å²) < 4.78 is 56.9. The van der Waals surface area contributed by atoms with Crippen molar-refractivity contribution in [2.24, 2.45) is 5.92 Å². The van der Waals surface area contributed by atoms with E-state index in [-0.39, 0.29) is 18.7 Å². The van der Waals surface area contributed by atoms with Gasteiger partial charge in [-0.15, -0.1) is 0 Å². The van der Waals surface area contributed by atoms with Crippen LogP contribution in [-0.2, 0) is 26.7 Å². The first-order valence-corrected chi connectivity index (χ1v) is 15.4. The molecule has 1 heterocycles. The number of aromatic nitrogens is 1. The summed E-state index contributed by atoms with van der Waals surface area (Å²) in [4.78, 5) is 26.3. The summed E-state index contributed by atoms with van der Waals surface area (Å²) in [6.07, 6.45) is 6.62. The van der Waals surface area contributed by atoms with Crippen molar-refractivity contribution in [3.05, 3.63) is 100 Å². The van der Waals surface area contributed by atoms with Gasteiger partial charge in [0.2, 0.25) is 11.8 Å². The molecule has 0 spiro atoms. The zero-order chi connectivity index (χ0) is 31.2. The molecule has 222 valence electrons. The van der Waals surface area contributed by atoms with Crippen LogP contribution in [-0.4, -0.2) is 36.6 Å². The van der Waals surface area contributed by atoms with Crippen molar-refractivity contribution in [1.29, 1.82) is 5.26 Å². The van der Waals surface area contributed by atoms with Crippen LogP contribution in [0, 0.1) is 17.2 Å². The molecular formula is C33H31F2N3O4S. The number of nitrogens with zero attached hydrogens (tertiary/aromatic N) is 2. The van der Waals surface area contributed by atoms with Crippen LogP contribution in [0.3, 0.4) is 0 Å². The third-order valence-corrected chi connectivity index (χ3v) is 9.94. The highest BCUT2D eigenvalue weighted by atomic mass is 32.2. The molecule has 2 aliphatic carbocycles. The van der Waals surface area contributed by atoms with E-state index in [0.717, 1.165) is 30.2 Å². The van der Waals surface area contributed by atoms with E-state index >= 15 is 0 Å². The Kier molecular flexibility index (Phi) is 7.73. The lowest BCUT2D eigenvalue weighted by molar-refractivity contribution is -0.119. The second-order valence-electron chi connectivity index (χ2n) is 11.5. The predicted octanol–water partition coefficient (Wildman–Crippen LogP) is 6.06. The Balaban J connectivity index is 1.40. The average molecular weight is 604 g/mol. The molecule has 43 heavy (non-hydrogen) atoms. The molecule has 0 fully saturated rings. The number of allylic oxidation sites excluding steroid dienone is 4. The van der Waals surface area contributed by atoms with Crippen molar-refractivity contribution in [3.63, 3.8) is 0 Å². The minimum atomic E-state index is -4.43. The van der Waals surface area contributed by atoms with E-state index in [4.69, 9.17) is 0 Å². The second-order valence-corrected chi connectivity index (χ2v) is 13.2. The number of hydrogen-bond acceptors (Lipinski definition) is 5. The molecule has 0 saturated carbocycles. The van der Waals surface area contributed by atoms with Crippen molar-refractivity contribution in [2.45, 2.75) is 57.3 Å². The first-order valence-electron chi connectivity index (χ1n) is 13.9. The summed E-state index contributed by atoms with van der Waals surface area (Å²) >= 11 is 0. The van der Waals surface area contributed by atoms with Crippen molar-refractivity contribution in [3.8, 4) is 6.07 Å². The minimum absolute atomic E-state index is 0.0868. The second kappa shape index (κ2) is 11.0. The monoisotopic (exact) mass is 603 g/mol. The molecule has 1 amide bonds. The number of rotatable bonds is 7. The molecule has 4 unspecified atom stereocenters. The van der Waals surface area contributed by atoms with Crippen LogP contribution in [0.2, 0.25) is 0 Å². The Morgan fingerprint density at radius 2 is 1.93 bits per heavy atom. The zero-order valence-electron chi connectivity index (χ0n) is 24.0. The number of alkyl halides is 2. The smallest absolute Gasteiger partial charge is 0.263 e. The number of benzene rings is 2. The lowest BCUT2D eigenvalue weighted by atomic mass is 9.66. The molecule has 0 bridgehead atoms. The Labute approximate surface area is 249 Å². The lowest BCUT2D eigenvalue weighted by Crippen LogP contribution is -2.39. The molecule has 7 nitrogen and oxygen atoms in total. The fourth-order valence-corrected chi connectivity index (χ4v) is 6.95. The number of sulfonamides is 1. The molecule has 2 aromatic carbocycles. The first-order chi connectivity index (χ1) is 20.3. The highest BCUT2D eigenvalue weighted by Gasteiger charge is 2.40. The maximum Gasteiger partial charge on any atom is 0.263 e. The molecule has 0 radical (unpaired) electrons. The topological polar surface area (TPSA) is 109 Å². The van der Waals surface area contributed by atoms with E-state index in [9.17, 15) is 32.0 Å². The summed E-state index contributed by atoms with van der Waals surface area (Å²) in [5.41, 5.74) is 0.621. The van der Waals surface area contributed by atoms with Gasteiger partial charge in [-0.25, -0.2) is 21.9 Å². The van der Waals surface area contributed by atoms with Gasteiger partial charge in [0.1, 0.15) is 0 Å². The SMILES string of the molecule is CC(C(=O)n1cc(CCC(=O)NS(=O)(=O)C2=CC(C)(F)C(F)C=C2)c2ccc(C#N)cc21)C1(C)CC=Cc2ccccc21. The quantitative estimate of drug-likeness (QED) is 0.353. The van der Waals surface area contributed by atoms with E-state index in [1.807, 2.05) is 35.9 Å². The van der Waals surface area contributed by atoms with Gasteiger partial charge in [-0.05, 0) is 66.8 Å². The van der Waals surface area contributed by atoms with Gasteiger partial charge in [-0.2, -0.15) is 5.26 Å². The van der Waals surface area contributed by atoms with Gasteiger partial charge >= 0.3 is 0 Å². The summed E-state index contributed by atoms with van der Waals surface area (Å²) in [5.74, 6) is -1.48. The molecule has 4 atom stereocenters. The largest absolute Gasteiger partial charge is 0.287 e. The lowest BCUT2D eigenvalue weighted by Gasteiger charge is -2.38. The fraction of sp³-hybridized carbons (Fsp3) is 0.303. The Hall–Kier alpha value is -4.36. The fourth-order valence-electron chi connectivity index (χ4n) is 5.79. The van der Waals surface area contributed by atoms with Gasteiger partial charge in [-0.3, -0.25) is 14.2 Å². The third kappa shape index (κ3) is 5.57. The van der Waals surface area contributed by atoms with Crippen molar-refractivity contribution in [2.75, 3.05) is 0 Å². The van der Waals surface area contributed by atoms with E-state index < -0.39 is 44.0 Å². The molecule has 1 N–H and O–H groups in total. The number of carbonyl (C=O) groups excluding carboxylic acids is 2. The van der Waals surface area contributed by atoms with Crippen LogP contribution in [0.15, 0.2) is 77.9 Å². The molecule has 3 aromatic rings. The maximum atomic E-state index is 14.4. The number of nitriles is 1. The van der Waals surface area contributed by atoms with Crippen LogP contribution in [0.1, 0.15) is 60.7 Å². The molecule has 10 heteroatoms. The van der Waals surface area contributed by atoms with E-state index in [1.165, 1.54) is 4.57 Å². The summed E-state index contributed by atoms with van der Waals surface area (Å²) in [5, 5.41) is 10.2. The number of amides is 1. The Morgan fingerprint density at radius 1 is 1.19 bits per heavy atom.